The topological polar surface area (TPSA) is 60.7 Å². The molecule has 3 N–H and O–H groups in total. The number of rotatable bonds is 4. The Kier molecular flexibility index (Phi) is 4.80. The number of aryl methyl sites for hydroxylation is 2. The van der Waals surface area contributed by atoms with E-state index in [1.165, 1.54) is 18.2 Å². The Hall–Kier alpha value is -3.29. The minimum atomic E-state index is -4.45. The molecule has 30 heavy (non-hydrogen) atoms. The van der Waals surface area contributed by atoms with Gasteiger partial charge in [-0.2, -0.15) is 13.2 Å². The summed E-state index contributed by atoms with van der Waals surface area (Å²) in [5.74, 6) is -0.745. The number of nitrogens with one attached hydrogen (secondary N) is 3. The predicted octanol–water partition coefficient (Wildman–Crippen LogP) is 5.40. The summed E-state index contributed by atoms with van der Waals surface area (Å²) < 4.78 is 52.6. The molecule has 1 amide bonds. The van der Waals surface area contributed by atoms with Gasteiger partial charge in [0.1, 0.15) is 11.5 Å². The molecule has 156 valence electrons. The van der Waals surface area contributed by atoms with Crippen LogP contribution in [0.5, 0.6) is 0 Å². The van der Waals surface area contributed by atoms with E-state index in [9.17, 15) is 22.4 Å². The van der Waals surface area contributed by atoms with Crippen molar-refractivity contribution in [3.63, 3.8) is 0 Å². The number of halogens is 4. The Labute approximate surface area is 169 Å². The minimum absolute atomic E-state index is 0.183. The molecule has 0 bridgehead atoms. The number of benzene rings is 2. The first kappa shape index (κ1) is 20.0. The molecule has 2 aromatic heterocycles. The number of hydrogen-bond acceptors (Lipinski definition) is 1. The molecule has 0 radical (unpaired) electrons. The molecule has 4 aromatic rings. The lowest BCUT2D eigenvalue weighted by Gasteiger charge is -2.06. The van der Waals surface area contributed by atoms with Crippen LogP contribution in [-0.4, -0.2) is 22.4 Å². The monoisotopic (exact) mass is 417 g/mol. The number of amides is 1. The van der Waals surface area contributed by atoms with Crippen LogP contribution in [0.4, 0.5) is 17.6 Å². The van der Waals surface area contributed by atoms with Crippen molar-refractivity contribution < 1.29 is 22.4 Å². The zero-order valence-electron chi connectivity index (χ0n) is 16.3. The summed E-state index contributed by atoms with van der Waals surface area (Å²) in [5.41, 5.74) is 2.79. The van der Waals surface area contributed by atoms with E-state index < -0.39 is 17.6 Å². The number of hydrogen-bond donors (Lipinski definition) is 3. The SMILES string of the molecule is Cc1[nH]c2c(F)ccc(C)c2c1CCNC(=O)c1cc2ccc(C(F)(F)F)cc2[nH]1. The smallest absolute Gasteiger partial charge is 0.356 e. The Morgan fingerprint density at radius 3 is 2.57 bits per heavy atom. The second-order valence-corrected chi connectivity index (χ2v) is 7.33. The van der Waals surface area contributed by atoms with Gasteiger partial charge in [0.2, 0.25) is 0 Å². The van der Waals surface area contributed by atoms with Gasteiger partial charge in [-0.25, -0.2) is 4.39 Å². The van der Waals surface area contributed by atoms with Gasteiger partial charge < -0.3 is 15.3 Å². The highest BCUT2D eigenvalue weighted by Gasteiger charge is 2.30. The van der Waals surface area contributed by atoms with E-state index in [0.717, 1.165) is 34.3 Å². The van der Waals surface area contributed by atoms with Crippen LogP contribution < -0.4 is 5.32 Å². The lowest BCUT2D eigenvalue weighted by molar-refractivity contribution is -0.137. The number of carbonyl (C=O) groups excluding carboxylic acids is 1. The molecule has 2 aromatic carbocycles. The van der Waals surface area contributed by atoms with Crippen molar-refractivity contribution >= 4 is 27.7 Å². The van der Waals surface area contributed by atoms with Crippen molar-refractivity contribution in [3.05, 3.63) is 70.3 Å². The fraction of sp³-hybridized carbons (Fsp3) is 0.227. The number of carbonyl (C=O) groups is 1. The minimum Gasteiger partial charge on any atom is -0.356 e. The third-order valence-electron chi connectivity index (χ3n) is 5.28. The fourth-order valence-corrected chi connectivity index (χ4v) is 3.78. The van der Waals surface area contributed by atoms with Gasteiger partial charge >= 0.3 is 6.18 Å². The average Bonchev–Trinajstić information content (AvgIpc) is 3.25. The van der Waals surface area contributed by atoms with Gasteiger partial charge in [0, 0.05) is 28.5 Å². The Morgan fingerprint density at radius 2 is 1.83 bits per heavy atom. The first-order chi connectivity index (χ1) is 14.1. The number of aromatic nitrogens is 2. The third-order valence-corrected chi connectivity index (χ3v) is 5.28. The molecule has 0 saturated heterocycles. The van der Waals surface area contributed by atoms with Crippen LogP contribution >= 0.6 is 0 Å². The van der Waals surface area contributed by atoms with Crippen LogP contribution in [0.15, 0.2) is 36.4 Å². The van der Waals surface area contributed by atoms with Gasteiger partial charge in [0.15, 0.2) is 0 Å². The molecule has 0 aliphatic rings. The summed E-state index contributed by atoms with van der Waals surface area (Å²) in [5, 5.41) is 4.10. The first-order valence-electron chi connectivity index (χ1n) is 9.39. The number of fused-ring (bicyclic) bond motifs is 2. The normalized spacial score (nSPS) is 12.1. The standard InChI is InChI=1S/C22H19F4N3O/c1-11-3-6-16(23)20-19(11)15(12(2)28-20)7-8-27-21(30)18-9-13-4-5-14(22(24,25)26)10-17(13)29-18/h3-6,9-10,28-29H,7-8H2,1-2H3,(H,27,30). The maximum absolute atomic E-state index is 14.1. The van der Waals surface area contributed by atoms with Crippen LogP contribution in [0, 0.1) is 19.7 Å². The van der Waals surface area contributed by atoms with Crippen LogP contribution in [0.2, 0.25) is 0 Å². The number of H-pyrrole nitrogens is 2. The summed E-state index contributed by atoms with van der Waals surface area (Å²) in [6.45, 7) is 4.05. The second-order valence-electron chi connectivity index (χ2n) is 7.33. The lowest BCUT2D eigenvalue weighted by Crippen LogP contribution is -2.26. The molecule has 0 fully saturated rings. The highest BCUT2D eigenvalue weighted by Crippen LogP contribution is 2.31. The number of aromatic amines is 2. The molecule has 2 heterocycles. The summed E-state index contributed by atoms with van der Waals surface area (Å²) in [4.78, 5) is 18.3. The van der Waals surface area contributed by atoms with Crippen molar-refractivity contribution in [1.29, 1.82) is 0 Å². The van der Waals surface area contributed by atoms with Crippen LogP contribution in [0.3, 0.4) is 0 Å². The van der Waals surface area contributed by atoms with E-state index in [4.69, 9.17) is 0 Å². The van der Waals surface area contributed by atoms with Crippen molar-refractivity contribution in [1.82, 2.24) is 15.3 Å². The van der Waals surface area contributed by atoms with Gasteiger partial charge in [-0.1, -0.05) is 12.1 Å². The van der Waals surface area contributed by atoms with E-state index >= 15 is 0 Å². The lowest BCUT2D eigenvalue weighted by atomic mass is 10.0. The fourth-order valence-electron chi connectivity index (χ4n) is 3.78. The van der Waals surface area contributed by atoms with E-state index in [1.807, 2.05) is 13.8 Å². The largest absolute Gasteiger partial charge is 0.416 e. The first-order valence-corrected chi connectivity index (χ1v) is 9.39. The van der Waals surface area contributed by atoms with Crippen molar-refractivity contribution in [2.75, 3.05) is 6.54 Å². The Balaban J connectivity index is 1.50. The summed E-state index contributed by atoms with van der Waals surface area (Å²) in [7, 11) is 0. The highest BCUT2D eigenvalue weighted by atomic mass is 19.4. The average molecular weight is 417 g/mol. The van der Waals surface area contributed by atoms with Crippen molar-refractivity contribution in [2.24, 2.45) is 0 Å². The molecular weight excluding hydrogens is 398 g/mol. The van der Waals surface area contributed by atoms with Crippen LogP contribution in [0.1, 0.15) is 32.9 Å². The summed E-state index contributed by atoms with van der Waals surface area (Å²) in [6.07, 6.45) is -3.96. The van der Waals surface area contributed by atoms with Crippen molar-refractivity contribution in [2.45, 2.75) is 26.4 Å². The molecule has 0 saturated carbocycles. The van der Waals surface area contributed by atoms with Gasteiger partial charge in [-0.05, 0) is 55.7 Å². The Bertz CT molecular complexity index is 1270. The molecule has 4 rings (SSSR count). The van der Waals surface area contributed by atoms with E-state index in [-0.39, 0.29) is 17.0 Å². The molecule has 0 unspecified atom stereocenters. The molecule has 0 spiro atoms. The van der Waals surface area contributed by atoms with Gasteiger partial charge in [0.25, 0.3) is 5.91 Å². The van der Waals surface area contributed by atoms with Gasteiger partial charge in [-0.3, -0.25) is 4.79 Å². The van der Waals surface area contributed by atoms with E-state index in [2.05, 4.69) is 15.3 Å². The molecule has 0 atom stereocenters. The van der Waals surface area contributed by atoms with Gasteiger partial charge in [-0.15, -0.1) is 0 Å². The summed E-state index contributed by atoms with van der Waals surface area (Å²) >= 11 is 0. The van der Waals surface area contributed by atoms with E-state index in [0.29, 0.717) is 23.9 Å². The quantitative estimate of drug-likeness (QED) is 0.383. The molecular formula is C22H19F4N3O. The van der Waals surface area contributed by atoms with E-state index in [1.54, 1.807) is 6.07 Å². The molecule has 4 nitrogen and oxygen atoms in total. The highest BCUT2D eigenvalue weighted by molar-refractivity contribution is 5.98. The Morgan fingerprint density at radius 1 is 1.07 bits per heavy atom. The van der Waals surface area contributed by atoms with Crippen LogP contribution in [0.25, 0.3) is 21.8 Å². The predicted molar refractivity (Wildman–Crippen MR) is 107 cm³/mol. The van der Waals surface area contributed by atoms with Gasteiger partial charge in [0.05, 0.1) is 11.1 Å². The maximum Gasteiger partial charge on any atom is 0.416 e. The molecule has 8 heteroatoms. The zero-order valence-corrected chi connectivity index (χ0v) is 16.3. The third kappa shape index (κ3) is 3.53. The second kappa shape index (κ2) is 7.19. The maximum atomic E-state index is 14.1. The molecule has 0 aliphatic carbocycles. The van der Waals surface area contributed by atoms with Crippen LogP contribution in [-0.2, 0) is 12.6 Å². The molecule has 0 aliphatic heterocycles. The summed E-state index contributed by atoms with van der Waals surface area (Å²) in [6, 6.07) is 7.95. The zero-order chi connectivity index (χ0) is 21.6. The van der Waals surface area contributed by atoms with Crippen molar-refractivity contribution in [3.8, 4) is 0 Å². The number of alkyl halides is 3.